The van der Waals surface area contributed by atoms with Crippen molar-refractivity contribution in [3.63, 3.8) is 0 Å². The minimum atomic E-state index is 0.714. The zero-order valence-electron chi connectivity index (χ0n) is 13.4. The monoisotopic (exact) mass is 274 g/mol. The van der Waals surface area contributed by atoms with Crippen LogP contribution >= 0.6 is 0 Å². The summed E-state index contributed by atoms with van der Waals surface area (Å²) < 4.78 is 0. The molecular formula is C18H30N2. The second-order valence-corrected chi connectivity index (χ2v) is 6.34. The van der Waals surface area contributed by atoms with Gasteiger partial charge in [0.2, 0.25) is 0 Å². The fourth-order valence-electron chi connectivity index (χ4n) is 3.35. The molecule has 2 heteroatoms. The molecule has 2 nitrogen and oxygen atoms in total. The maximum absolute atomic E-state index is 3.53. The SMILES string of the molecule is CCCNCc1ccccc1N(C)C1CCCC(C)C1. The molecule has 1 fully saturated rings. The molecule has 2 unspecified atom stereocenters. The fraction of sp³-hybridized carbons (Fsp3) is 0.667. The van der Waals surface area contributed by atoms with Crippen LogP contribution in [0.5, 0.6) is 0 Å². The van der Waals surface area contributed by atoms with E-state index < -0.39 is 0 Å². The van der Waals surface area contributed by atoms with E-state index in [0.29, 0.717) is 6.04 Å². The lowest BCUT2D eigenvalue weighted by atomic mass is 9.86. The zero-order valence-corrected chi connectivity index (χ0v) is 13.4. The van der Waals surface area contributed by atoms with Gasteiger partial charge in [-0.1, -0.05) is 44.9 Å². The first-order valence-electron chi connectivity index (χ1n) is 8.23. The number of nitrogens with zero attached hydrogens (tertiary/aromatic N) is 1. The molecule has 0 radical (unpaired) electrons. The van der Waals surface area contributed by atoms with Crippen LogP contribution in [0.1, 0.15) is 51.5 Å². The van der Waals surface area contributed by atoms with Crippen LogP contribution in [0.25, 0.3) is 0 Å². The van der Waals surface area contributed by atoms with Crippen LogP contribution in [0.4, 0.5) is 5.69 Å². The number of hydrogen-bond donors (Lipinski definition) is 1. The summed E-state index contributed by atoms with van der Waals surface area (Å²) in [7, 11) is 2.28. The van der Waals surface area contributed by atoms with E-state index in [9.17, 15) is 0 Å². The molecule has 0 bridgehead atoms. The van der Waals surface area contributed by atoms with Crippen molar-refractivity contribution in [3.8, 4) is 0 Å². The highest BCUT2D eigenvalue weighted by molar-refractivity contribution is 5.53. The number of benzene rings is 1. The molecule has 1 aliphatic rings. The molecule has 0 spiro atoms. The van der Waals surface area contributed by atoms with Crippen molar-refractivity contribution in [1.29, 1.82) is 0 Å². The van der Waals surface area contributed by atoms with Crippen LogP contribution in [0.3, 0.4) is 0 Å². The topological polar surface area (TPSA) is 15.3 Å². The summed E-state index contributed by atoms with van der Waals surface area (Å²) in [4.78, 5) is 2.53. The Morgan fingerprint density at radius 2 is 2.05 bits per heavy atom. The van der Waals surface area contributed by atoms with Crippen LogP contribution in [0, 0.1) is 5.92 Å². The van der Waals surface area contributed by atoms with Crippen LogP contribution in [-0.2, 0) is 6.54 Å². The maximum Gasteiger partial charge on any atom is 0.0411 e. The highest BCUT2D eigenvalue weighted by Crippen LogP contribution is 2.31. The van der Waals surface area contributed by atoms with Crippen molar-refractivity contribution in [2.75, 3.05) is 18.5 Å². The molecule has 112 valence electrons. The Morgan fingerprint density at radius 3 is 2.80 bits per heavy atom. The zero-order chi connectivity index (χ0) is 14.4. The highest BCUT2D eigenvalue weighted by Gasteiger charge is 2.23. The van der Waals surface area contributed by atoms with Gasteiger partial charge in [-0.2, -0.15) is 0 Å². The lowest BCUT2D eigenvalue weighted by Crippen LogP contribution is -2.36. The number of hydrogen-bond acceptors (Lipinski definition) is 2. The lowest BCUT2D eigenvalue weighted by Gasteiger charge is -2.36. The number of rotatable bonds is 6. The smallest absolute Gasteiger partial charge is 0.0411 e. The molecule has 1 aromatic rings. The Hall–Kier alpha value is -1.02. The van der Waals surface area contributed by atoms with Gasteiger partial charge in [0.1, 0.15) is 0 Å². The third-order valence-corrected chi connectivity index (χ3v) is 4.57. The van der Waals surface area contributed by atoms with E-state index in [4.69, 9.17) is 0 Å². The predicted molar refractivity (Wildman–Crippen MR) is 88.3 cm³/mol. The second-order valence-electron chi connectivity index (χ2n) is 6.34. The molecule has 0 saturated heterocycles. The Kier molecular flexibility index (Phi) is 5.90. The third-order valence-electron chi connectivity index (χ3n) is 4.57. The lowest BCUT2D eigenvalue weighted by molar-refractivity contribution is 0.336. The van der Waals surface area contributed by atoms with Crippen LogP contribution < -0.4 is 10.2 Å². The standard InChI is InChI=1S/C18H30N2/c1-4-12-19-14-16-9-5-6-11-18(16)20(3)17-10-7-8-15(2)13-17/h5-6,9,11,15,17,19H,4,7-8,10,12-14H2,1-3H3. The summed E-state index contributed by atoms with van der Waals surface area (Å²) in [6.07, 6.45) is 6.67. The van der Waals surface area contributed by atoms with E-state index in [1.165, 1.54) is 43.4 Å². The van der Waals surface area contributed by atoms with Gasteiger partial charge in [-0.05, 0) is 43.4 Å². The van der Waals surface area contributed by atoms with Crippen molar-refractivity contribution < 1.29 is 0 Å². The molecule has 1 aliphatic carbocycles. The third kappa shape index (κ3) is 3.99. The van der Waals surface area contributed by atoms with Gasteiger partial charge in [-0.25, -0.2) is 0 Å². The summed E-state index contributed by atoms with van der Waals surface area (Å²) >= 11 is 0. The van der Waals surface area contributed by atoms with Crippen molar-refractivity contribution >= 4 is 5.69 Å². The first kappa shape index (κ1) is 15.4. The first-order chi connectivity index (χ1) is 9.72. The molecule has 0 aliphatic heterocycles. The molecule has 0 heterocycles. The number of nitrogens with one attached hydrogen (secondary N) is 1. The molecule has 20 heavy (non-hydrogen) atoms. The van der Waals surface area contributed by atoms with E-state index in [-0.39, 0.29) is 0 Å². The molecule has 1 N–H and O–H groups in total. The van der Waals surface area contributed by atoms with E-state index in [1.807, 2.05) is 0 Å². The van der Waals surface area contributed by atoms with Gasteiger partial charge < -0.3 is 10.2 Å². The first-order valence-corrected chi connectivity index (χ1v) is 8.23. The van der Waals surface area contributed by atoms with E-state index >= 15 is 0 Å². The summed E-state index contributed by atoms with van der Waals surface area (Å²) in [5, 5.41) is 3.53. The minimum absolute atomic E-state index is 0.714. The number of anilines is 1. The van der Waals surface area contributed by atoms with E-state index in [1.54, 1.807) is 0 Å². The summed E-state index contributed by atoms with van der Waals surface area (Å²) in [5.41, 5.74) is 2.84. The Bertz CT molecular complexity index is 402. The molecule has 0 amide bonds. The average Bonchev–Trinajstić information content (AvgIpc) is 2.47. The van der Waals surface area contributed by atoms with Gasteiger partial charge >= 0.3 is 0 Å². The number of para-hydroxylation sites is 1. The Morgan fingerprint density at radius 1 is 1.25 bits per heavy atom. The maximum atomic E-state index is 3.53. The summed E-state index contributed by atoms with van der Waals surface area (Å²) in [5.74, 6) is 0.876. The molecule has 1 saturated carbocycles. The molecular weight excluding hydrogens is 244 g/mol. The van der Waals surface area contributed by atoms with Gasteiger partial charge in [0.25, 0.3) is 0 Å². The van der Waals surface area contributed by atoms with Crippen LogP contribution in [0.15, 0.2) is 24.3 Å². The summed E-state index contributed by atoms with van der Waals surface area (Å²) in [6.45, 7) is 6.69. The Balaban J connectivity index is 2.06. The molecule has 2 atom stereocenters. The van der Waals surface area contributed by atoms with Gasteiger partial charge in [0.15, 0.2) is 0 Å². The minimum Gasteiger partial charge on any atom is -0.371 e. The van der Waals surface area contributed by atoms with Crippen LogP contribution in [-0.4, -0.2) is 19.6 Å². The van der Waals surface area contributed by atoms with Gasteiger partial charge in [0.05, 0.1) is 0 Å². The quantitative estimate of drug-likeness (QED) is 0.782. The van der Waals surface area contributed by atoms with Crippen molar-refractivity contribution in [2.45, 2.75) is 58.5 Å². The van der Waals surface area contributed by atoms with Crippen LogP contribution in [0.2, 0.25) is 0 Å². The van der Waals surface area contributed by atoms with E-state index in [2.05, 4.69) is 55.4 Å². The molecule has 0 aromatic heterocycles. The van der Waals surface area contributed by atoms with Crippen molar-refractivity contribution in [1.82, 2.24) is 5.32 Å². The van der Waals surface area contributed by atoms with Gasteiger partial charge in [-0.15, -0.1) is 0 Å². The largest absolute Gasteiger partial charge is 0.371 e. The highest BCUT2D eigenvalue weighted by atomic mass is 15.1. The fourth-order valence-corrected chi connectivity index (χ4v) is 3.35. The van der Waals surface area contributed by atoms with Crippen molar-refractivity contribution in [3.05, 3.63) is 29.8 Å². The van der Waals surface area contributed by atoms with Gasteiger partial charge in [0, 0.05) is 25.3 Å². The predicted octanol–water partition coefficient (Wildman–Crippen LogP) is 4.20. The second kappa shape index (κ2) is 7.68. The normalized spacial score (nSPS) is 22.8. The van der Waals surface area contributed by atoms with Gasteiger partial charge in [-0.3, -0.25) is 0 Å². The average molecular weight is 274 g/mol. The molecule has 1 aromatic carbocycles. The molecule has 2 rings (SSSR count). The van der Waals surface area contributed by atoms with Crippen molar-refractivity contribution in [2.24, 2.45) is 5.92 Å². The summed E-state index contributed by atoms with van der Waals surface area (Å²) in [6, 6.07) is 9.58. The Labute approximate surface area is 124 Å². The van der Waals surface area contributed by atoms with E-state index in [0.717, 1.165) is 19.0 Å².